The van der Waals surface area contributed by atoms with Crippen molar-refractivity contribution in [3.05, 3.63) is 36.0 Å². The van der Waals surface area contributed by atoms with Gasteiger partial charge in [0, 0.05) is 5.69 Å². The highest BCUT2D eigenvalue weighted by molar-refractivity contribution is 6.03. The molecule has 8 nitrogen and oxygen atoms in total. The lowest BCUT2D eigenvalue weighted by molar-refractivity contribution is -0.144. The van der Waals surface area contributed by atoms with Gasteiger partial charge in [-0.3, -0.25) is 9.59 Å². The fourth-order valence-corrected chi connectivity index (χ4v) is 1.54. The van der Waals surface area contributed by atoms with Crippen LogP contribution in [0.1, 0.15) is 18.6 Å². The van der Waals surface area contributed by atoms with E-state index in [-0.39, 0.29) is 6.61 Å². The van der Waals surface area contributed by atoms with Crippen LogP contribution in [-0.2, 0) is 16.2 Å². The Morgan fingerprint density at radius 3 is 2.59 bits per heavy atom. The fraction of sp³-hybridized carbons (Fsp3) is 0.286. The van der Waals surface area contributed by atoms with Gasteiger partial charge in [0.15, 0.2) is 12.4 Å². The highest BCUT2D eigenvalue weighted by Crippen LogP contribution is 2.17. The first kappa shape index (κ1) is 15.5. The number of ether oxygens (including phenoxy) is 1. The monoisotopic (exact) mass is 305 g/mol. The van der Waals surface area contributed by atoms with Crippen molar-refractivity contribution in [2.75, 3.05) is 5.32 Å². The van der Waals surface area contributed by atoms with Crippen molar-refractivity contribution in [2.24, 2.45) is 5.92 Å². The molecule has 0 spiro atoms. The van der Waals surface area contributed by atoms with Crippen molar-refractivity contribution >= 4 is 17.6 Å². The summed E-state index contributed by atoms with van der Waals surface area (Å²) in [5.41, 5.74) is 0.485. The van der Waals surface area contributed by atoms with Crippen molar-refractivity contribution in [1.82, 2.24) is 10.1 Å². The normalized spacial score (nSPS) is 11.7. The van der Waals surface area contributed by atoms with E-state index in [9.17, 15) is 9.59 Å². The van der Waals surface area contributed by atoms with Gasteiger partial charge in [0.1, 0.15) is 11.7 Å². The molecule has 1 amide bonds. The van der Waals surface area contributed by atoms with E-state index < -0.39 is 17.8 Å². The lowest BCUT2D eigenvalue weighted by atomic mass is 10.1. The van der Waals surface area contributed by atoms with E-state index in [1.165, 1.54) is 6.92 Å². The molecule has 0 aliphatic heterocycles. The van der Waals surface area contributed by atoms with Crippen molar-refractivity contribution in [2.45, 2.75) is 20.5 Å². The summed E-state index contributed by atoms with van der Waals surface area (Å²) in [5, 5.41) is 14.9. The molecule has 0 fully saturated rings. The van der Waals surface area contributed by atoms with Gasteiger partial charge in [0.2, 0.25) is 5.91 Å². The van der Waals surface area contributed by atoms with Gasteiger partial charge < -0.3 is 19.7 Å². The number of carboxylic acid groups (broad SMARTS) is 1. The predicted octanol–water partition coefficient (Wildman–Crippen LogP) is 1.62. The summed E-state index contributed by atoms with van der Waals surface area (Å²) >= 11 is 0. The van der Waals surface area contributed by atoms with Gasteiger partial charge in [0.05, 0.1) is 0 Å². The Morgan fingerprint density at radius 2 is 2.05 bits per heavy atom. The minimum Gasteiger partial charge on any atom is -0.484 e. The van der Waals surface area contributed by atoms with Gasteiger partial charge in [-0.15, -0.1) is 0 Å². The number of hydrogen-bond acceptors (Lipinski definition) is 6. The molecular weight excluding hydrogens is 290 g/mol. The number of aromatic nitrogens is 2. The third-order valence-electron chi connectivity index (χ3n) is 2.82. The number of aryl methyl sites for hydroxylation is 1. The first-order valence-electron chi connectivity index (χ1n) is 6.51. The van der Waals surface area contributed by atoms with Gasteiger partial charge in [0.25, 0.3) is 5.89 Å². The number of rotatable bonds is 6. The molecule has 0 saturated carbocycles. The number of carbonyl (C=O) groups excluding carboxylic acids is 1. The maximum Gasteiger partial charge on any atom is 0.315 e. The first-order chi connectivity index (χ1) is 10.5. The number of benzene rings is 1. The van der Waals surface area contributed by atoms with E-state index in [0.29, 0.717) is 23.2 Å². The van der Waals surface area contributed by atoms with Gasteiger partial charge in [-0.05, 0) is 38.1 Å². The number of carbonyl (C=O) groups is 2. The van der Waals surface area contributed by atoms with Crippen LogP contribution in [0.4, 0.5) is 5.69 Å². The second-order valence-electron chi connectivity index (χ2n) is 4.60. The third-order valence-corrected chi connectivity index (χ3v) is 2.82. The Kier molecular flexibility index (Phi) is 4.72. The molecule has 1 unspecified atom stereocenters. The van der Waals surface area contributed by atoms with E-state index in [1.807, 2.05) is 0 Å². The van der Waals surface area contributed by atoms with E-state index in [2.05, 4.69) is 15.5 Å². The zero-order valence-corrected chi connectivity index (χ0v) is 12.1. The number of nitrogens with zero attached hydrogens (tertiary/aromatic N) is 2. The third kappa shape index (κ3) is 4.05. The standard InChI is InChI=1S/C14H15N3O5/c1-8(14(19)20)13(18)16-10-3-5-11(6-4-10)21-7-12-15-9(2)17-22-12/h3-6,8H,7H2,1-2H3,(H,16,18)(H,19,20). The molecule has 22 heavy (non-hydrogen) atoms. The second-order valence-corrected chi connectivity index (χ2v) is 4.60. The van der Waals surface area contributed by atoms with Gasteiger partial charge in [-0.2, -0.15) is 4.98 Å². The highest BCUT2D eigenvalue weighted by Gasteiger charge is 2.20. The van der Waals surface area contributed by atoms with Crippen LogP contribution in [0.2, 0.25) is 0 Å². The average molecular weight is 305 g/mol. The summed E-state index contributed by atoms with van der Waals surface area (Å²) in [4.78, 5) is 26.3. The summed E-state index contributed by atoms with van der Waals surface area (Å²) in [7, 11) is 0. The molecule has 1 heterocycles. The minimum absolute atomic E-state index is 0.141. The fourth-order valence-electron chi connectivity index (χ4n) is 1.54. The highest BCUT2D eigenvalue weighted by atomic mass is 16.5. The van der Waals surface area contributed by atoms with Crippen LogP contribution in [0.5, 0.6) is 5.75 Å². The van der Waals surface area contributed by atoms with Gasteiger partial charge >= 0.3 is 5.97 Å². The summed E-state index contributed by atoms with van der Waals surface area (Å²) in [6, 6.07) is 6.51. The summed E-state index contributed by atoms with van der Waals surface area (Å²) in [6.45, 7) is 3.17. The minimum atomic E-state index is -1.17. The molecule has 2 rings (SSSR count). The Bertz CT molecular complexity index is 665. The van der Waals surface area contributed by atoms with E-state index in [4.69, 9.17) is 14.4 Å². The van der Waals surface area contributed by atoms with Crippen LogP contribution >= 0.6 is 0 Å². The predicted molar refractivity (Wildman–Crippen MR) is 75.2 cm³/mol. The SMILES string of the molecule is Cc1noc(COc2ccc(NC(=O)C(C)C(=O)O)cc2)n1. The number of nitrogens with one attached hydrogen (secondary N) is 1. The van der Waals surface area contributed by atoms with E-state index in [1.54, 1.807) is 31.2 Å². The van der Waals surface area contributed by atoms with Crippen molar-refractivity contribution in [3.63, 3.8) is 0 Å². The average Bonchev–Trinajstić information content (AvgIpc) is 2.91. The van der Waals surface area contributed by atoms with E-state index in [0.717, 1.165) is 0 Å². The summed E-state index contributed by atoms with van der Waals surface area (Å²) < 4.78 is 10.4. The summed E-state index contributed by atoms with van der Waals surface area (Å²) in [5.74, 6) is -1.42. The Morgan fingerprint density at radius 1 is 1.36 bits per heavy atom. The molecule has 1 atom stereocenters. The maximum atomic E-state index is 11.6. The zero-order valence-electron chi connectivity index (χ0n) is 12.1. The molecule has 1 aromatic heterocycles. The molecule has 0 bridgehead atoms. The van der Waals surface area contributed by atoms with Crippen LogP contribution in [0.25, 0.3) is 0 Å². The quantitative estimate of drug-likeness (QED) is 0.779. The molecule has 0 aliphatic carbocycles. The Labute approximate surface area is 126 Å². The van der Waals surface area contributed by atoms with Crippen LogP contribution in [0.3, 0.4) is 0 Å². The number of anilines is 1. The molecular formula is C14H15N3O5. The van der Waals surface area contributed by atoms with Crippen molar-refractivity contribution < 1.29 is 24.0 Å². The molecule has 0 aliphatic rings. The number of hydrogen-bond donors (Lipinski definition) is 2. The molecule has 0 saturated heterocycles. The smallest absolute Gasteiger partial charge is 0.315 e. The first-order valence-corrected chi connectivity index (χ1v) is 6.51. The lowest BCUT2D eigenvalue weighted by Crippen LogP contribution is -2.26. The Balaban J connectivity index is 1.90. The molecule has 2 N–H and O–H groups in total. The number of aliphatic carboxylic acids is 1. The lowest BCUT2D eigenvalue weighted by Gasteiger charge is -2.09. The zero-order chi connectivity index (χ0) is 16.1. The van der Waals surface area contributed by atoms with Gasteiger partial charge in [-0.25, -0.2) is 0 Å². The van der Waals surface area contributed by atoms with Crippen LogP contribution in [0.15, 0.2) is 28.8 Å². The molecule has 8 heteroatoms. The maximum absolute atomic E-state index is 11.6. The van der Waals surface area contributed by atoms with Gasteiger partial charge in [-0.1, -0.05) is 5.16 Å². The number of carboxylic acids is 1. The Hall–Kier alpha value is -2.90. The molecule has 116 valence electrons. The molecule has 2 aromatic rings. The summed E-state index contributed by atoms with van der Waals surface area (Å²) in [6.07, 6.45) is 0. The second kappa shape index (κ2) is 6.70. The van der Waals surface area contributed by atoms with Crippen molar-refractivity contribution in [3.8, 4) is 5.75 Å². The topological polar surface area (TPSA) is 115 Å². The molecule has 1 aromatic carbocycles. The molecule has 0 radical (unpaired) electrons. The van der Waals surface area contributed by atoms with Crippen LogP contribution in [0, 0.1) is 12.8 Å². The number of amides is 1. The van der Waals surface area contributed by atoms with Crippen molar-refractivity contribution in [1.29, 1.82) is 0 Å². The largest absolute Gasteiger partial charge is 0.484 e. The van der Waals surface area contributed by atoms with Crippen LogP contribution in [-0.4, -0.2) is 27.1 Å². The van der Waals surface area contributed by atoms with Crippen LogP contribution < -0.4 is 10.1 Å². The van der Waals surface area contributed by atoms with E-state index >= 15 is 0 Å².